The monoisotopic (exact) mass is 503 g/mol. The van der Waals surface area contributed by atoms with Gasteiger partial charge in [0.2, 0.25) is 0 Å². The van der Waals surface area contributed by atoms with E-state index in [0.29, 0.717) is 25.2 Å². The standard InChI is InChI=1S/C21H33N3O3.HI/c1-22-20(24-16-21(10-13-25-2)8-3-4-9-21)23-15-17-6-7-18-19(14-17)27-12-5-11-26-18;/h6-7,14H,3-5,8-13,15-16H2,1-2H3,(H2,22,23,24);1H. The van der Waals surface area contributed by atoms with Crippen LogP contribution in [0.2, 0.25) is 0 Å². The summed E-state index contributed by atoms with van der Waals surface area (Å²) in [4.78, 5) is 4.39. The van der Waals surface area contributed by atoms with E-state index in [2.05, 4.69) is 27.8 Å². The van der Waals surface area contributed by atoms with Gasteiger partial charge >= 0.3 is 0 Å². The van der Waals surface area contributed by atoms with Crippen molar-refractivity contribution in [1.82, 2.24) is 10.6 Å². The van der Waals surface area contributed by atoms with Gasteiger partial charge in [-0.05, 0) is 42.4 Å². The number of nitrogens with one attached hydrogen (secondary N) is 2. The summed E-state index contributed by atoms with van der Waals surface area (Å²) >= 11 is 0. The Morgan fingerprint density at radius 2 is 1.86 bits per heavy atom. The Balaban J connectivity index is 0.00000280. The van der Waals surface area contributed by atoms with Crippen LogP contribution in [-0.4, -0.2) is 46.5 Å². The largest absolute Gasteiger partial charge is 0.490 e. The quantitative estimate of drug-likeness (QED) is 0.338. The molecule has 0 aromatic heterocycles. The highest BCUT2D eigenvalue weighted by molar-refractivity contribution is 14.0. The molecule has 0 saturated heterocycles. The molecule has 6 nitrogen and oxygen atoms in total. The lowest BCUT2D eigenvalue weighted by molar-refractivity contribution is 0.138. The van der Waals surface area contributed by atoms with E-state index in [-0.39, 0.29) is 24.0 Å². The first-order chi connectivity index (χ1) is 13.2. The minimum Gasteiger partial charge on any atom is -0.490 e. The lowest BCUT2D eigenvalue weighted by Gasteiger charge is -2.30. The van der Waals surface area contributed by atoms with Gasteiger partial charge in [-0.1, -0.05) is 18.9 Å². The molecule has 0 bridgehead atoms. The van der Waals surface area contributed by atoms with Crippen molar-refractivity contribution in [2.24, 2.45) is 10.4 Å². The van der Waals surface area contributed by atoms with E-state index >= 15 is 0 Å². The van der Waals surface area contributed by atoms with Crippen molar-refractivity contribution in [2.75, 3.05) is 40.5 Å². The van der Waals surface area contributed by atoms with E-state index in [9.17, 15) is 0 Å². The summed E-state index contributed by atoms with van der Waals surface area (Å²) in [5, 5.41) is 6.95. The second-order valence-electron chi connectivity index (χ2n) is 7.56. The molecule has 1 fully saturated rings. The molecule has 7 heteroatoms. The van der Waals surface area contributed by atoms with E-state index in [1.165, 1.54) is 25.7 Å². The van der Waals surface area contributed by atoms with Gasteiger partial charge < -0.3 is 24.8 Å². The molecule has 0 amide bonds. The van der Waals surface area contributed by atoms with Gasteiger partial charge in [0.25, 0.3) is 0 Å². The predicted octanol–water partition coefficient (Wildman–Crippen LogP) is 3.73. The smallest absolute Gasteiger partial charge is 0.191 e. The van der Waals surface area contributed by atoms with Crippen LogP contribution >= 0.6 is 24.0 Å². The van der Waals surface area contributed by atoms with Crippen LogP contribution in [0.1, 0.15) is 44.1 Å². The van der Waals surface area contributed by atoms with E-state index in [1.807, 2.05) is 13.1 Å². The fourth-order valence-electron chi connectivity index (χ4n) is 3.95. The zero-order valence-electron chi connectivity index (χ0n) is 17.1. The third kappa shape index (κ3) is 6.40. The molecular formula is C21H34IN3O3. The molecule has 1 aromatic rings. The molecule has 1 aliphatic heterocycles. The molecule has 0 atom stereocenters. The normalized spacial score (nSPS) is 18.1. The van der Waals surface area contributed by atoms with Crippen molar-refractivity contribution < 1.29 is 14.2 Å². The Morgan fingerprint density at radius 1 is 1.11 bits per heavy atom. The highest BCUT2D eigenvalue weighted by Crippen LogP contribution is 2.40. The number of ether oxygens (including phenoxy) is 3. The average Bonchev–Trinajstić information content (AvgIpc) is 3.04. The summed E-state index contributed by atoms with van der Waals surface area (Å²) in [6.45, 7) is 3.88. The molecule has 2 aliphatic rings. The minimum atomic E-state index is 0. The fourth-order valence-corrected chi connectivity index (χ4v) is 3.95. The molecule has 1 saturated carbocycles. The minimum absolute atomic E-state index is 0. The summed E-state index contributed by atoms with van der Waals surface area (Å²) in [5.41, 5.74) is 1.49. The van der Waals surface area contributed by atoms with Crippen LogP contribution in [-0.2, 0) is 11.3 Å². The summed E-state index contributed by atoms with van der Waals surface area (Å²) < 4.78 is 16.8. The second-order valence-corrected chi connectivity index (χ2v) is 7.56. The Labute approximate surface area is 185 Å². The molecule has 28 heavy (non-hydrogen) atoms. The van der Waals surface area contributed by atoms with E-state index in [0.717, 1.165) is 49.0 Å². The maximum absolute atomic E-state index is 5.78. The van der Waals surface area contributed by atoms with Crippen molar-refractivity contribution in [3.05, 3.63) is 23.8 Å². The first kappa shape index (κ1) is 23.1. The second kappa shape index (κ2) is 11.7. The summed E-state index contributed by atoms with van der Waals surface area (Å²) in [5.74, 6) is 2.50. The number of benzene rings is 1. The van der Waals surface area contributed by atoms with Crippen molar-refractivity contribution in [2.45, 2.75) is 45.1 Å². The van der Waals surface area contributed by atoms with Gasteiger partial charge in [-0.2, -0.15) is 0 Å². The zero-order chi connectivity index (χ0) is 19.0. The van der Waals surface area contributed by atoms with Gasteiger partial charge in [-0.15, -0.1) is 24.0 Å². The Kier molecular flexibility index (Phi) is 9.64. The van der Waals surface area contributed by atoms with Crippen LogP contribution in [0.15, 0.2) is 23.2 Å². The van der Waals surface area contributed by atoms with E-state index in [1.54, 1.807) is 7.11 Å². The molecule has 0 radical (unpaired) electrons. The molecular weight excluding hydrogens is 469 g/mol. The van der Waals surface area contributed by atoms with E-state index in [4.69, 9.17) is 14.2 Å². The van der Waals surface area contributed by atoms with Crippen LogP contribution in [0, 0.1) is 5.41 Å². The van der Waals surface area contributed by atoms with Crippen LogP contribution < -0.4 is 20.1 Å². The van der Waals surface area contributed by atoms with Crippen LogP contribution in [0.4, 0.5) is 0 Å². The van der Waals surface area contributed by atoms with Gasteiger partial charge in [-0.3, -0.25) is 4.99 Å². The Hall–Kier alpha value is -1.22. The SMILES string of the molecule is CN=C(NCc1ccc2c(c1)OCCCO2)NCC1(CCOC)CCCC1.I. The number of hydrogen-bond acceptors (Lipinski definition) is 4. The third-order valence-electron chi connectivity index (χ3n) is 5.63. The van der Waals surface area contributed by atoms with E-state index < -0.39 is 0 Å². The summed E-state index contributed by atoms with van der Waals surface area (Å²) in [6, 6.07) is 6.12. The number of aliphatic imine (C=N–C) groups is 1. The van der Waals surface area contributed by atoms with Crippen LogP contribution in [0.25, 0.3) is 0 Å². The maximum atomic E-state index is 5.78. The molecule has 158 valence electrons. The maximum Gasteiger partial charge on any atom is 0.191 e. The number of halogens is 1. The number of methoxy groups -OCH3 is 1. The Bertz CT molecular complexity index is 633. The summed E-state index contributed by atoms with van der Waals surface area (Å²) in [6.07, 6.45) is 7.19. The molecule has 3 rings (SSSR count). The van der Waals surface area contributed by atoms with Gasteiger partial charge in [0.05, 0.1) is 13.2 Å². The van der Waals surface area contributed by atoms with Crippen molar-refractivity contribution >= 4 is 29.9 Å². The van der Waals surface area contributed by atoms with Crippen molar-refractivity contribution in [3.63, 3.8) is 0 Å². The molecule has 1 aliphatic carbocycles. The lowest BCUT2D eigenvalue weighted by Crippen LogP contribution is -2.43. The third-order valence-corrected chi connectivity index (χ3v) is 5.63. The number of guanidine groups is 1. The van der Waals surface area contributed by atoms with Crippen LogP contribution in [0.3, 0.4) is 0 Å². The van der Waals surface area contributed by atoms with Gasteiger partial charge in [0.1, 0.15) is 0 Å². The molecule has 0 unspecified atom stereocenters. The number of hydrogen-bond donors (Lipinski definition) is 2. The van der Waals surface area contributed by atoms with Gasteiger partial charge in [-0.25, -0.2) is 0 Å². The van der Waals surface area contributed by atoms with Crippen LogP contribution in [0.5, 0.6) is 11.5 Å². The van der Waals surface area contributed by atoms with Gasteiger partial charge in [0.15, 0.2) is 17.5 Å². The Morgan fingerprint density at radius 3 is 2.57 bits per heavy atom. The highest BCUT2D eigenvalue weighted by Gasteiger charge is 2.33. The molecule has 0 spiro atoms. The topological polar surface area (TPSA) is 64.1 Å². The molecule has 2 N–H and O–H groups in total. The zero-order valence-corrected chi connectivity index (χ0v) is 19.4. The number of rotatable bonds is 7. The molecule has 1 heterocycles. The first-order valence-corrected chi connectivity index (χ1v) is 10.1. The lowest BCUT2D eigenvalue weighted by atomic mass is 9.83. The summed E-state index contributed by atoms with van der Waals surface area (Å²) in [7, 11) is 3.60. The fraction of sp³-hybridized carbons (Fsp3) is 0.667. The molecule has 1 aromatic carbocycles. The predicted molar refractivity (Wildman–Crippen MR) is 123 cm³/mol. The first-order valence-electron chi connectivity index (χ1n) is 10.1. The van der Waals surface area contributed by atoms with Gasteiger partial charge in [0, 0.05) is 40.3 Å². The van der Waals surface area contributed by atoms with Crippen molar-refractivity contribution in [1.29, 1.82) is 0 Å². The highest BCUT2D eigenvalue weighted by atomic mass is 127. The number of nitrogens with zero attached hydrogens (tertiary/aromatic N) is 1. The van der Waals surface area contributed by atoms with Crippen molar-refractivity contribution in [3.8, 4) is 11.5 Å². The average molecular weight is 503 g/mol. The number of fused-ring (bicyclic) bond motifs is 1.